The molecule has 0 aromatic heterocycles. The molecule has 0 aromatic carbocycles. The maximum absolute atomic E-state index is 13.3. The highest BCUT2D eigenvalue weighted by molar-refractivity contribution is 5.69. The van der Waals surface area contributed by atoms with Gasteiger partial charge in [0.05, 0.1) is 6.61 Å². The number of alkyl halides is 3. The average molecular weight is 210 g/mol. The third-order valence-corrected chi connectivity index (χ3v) is 2.52. The Balaban J connectivity index is 2.34. The summed E-state index contributed by atoms with van der Waals surface area (Å²) in [6.45, 7) is 1.80. The molecule has 14 heavy (non-hydrogen) atoms. The molecule has 1 rings (SSSR count). The maximum atomic E-state index is 13.3. The molecule has 1 aliphatic rings. The van der Waals surface area contributed by atoms with Crippen LogP contribution in [0.5, 0.6) is 0 Å². The van der Waals surface area contributed by atoms with Crippen LogP contribution in [0.2, 0.25) is 0 Å². The molecule has 0 aliphatic heterocycles. The third-order valence-electron chi connectivity index (χ3n) is 2.52. The van der Waals surface area contributed by atoms with E-state index >= 15 is 0 Å². The van der Waals surface area contributed by atoms with Gasteiger partial charge < -0.3 is 4.74 Å². The van der Waals surface area contributed by atoms with Crippen molar-refractivity contribution in [1.82, 2.24) is 0 Å². The van der Waals surface area contributed by atoms with E-state index in [0.717, 1.165) is 0 Å². The lowest BCUT2D eigenvalue weighted by molar-refractivity contribution is -0.214. The number of hydrogen-bond donors (Lipinski definition) is 0. The van der Waals surface area contributed by atoms with Crippen molar-refractivity contribution < 1.29 is 22.7 Å². The monoisotopic (exact) mass is 210 g/mol. The van der Waals surface area contributed by atoms with E-state index in [1.54, 1.807) is 6.92 Å². The molecule has 0 bridgehead atoms. The normalized spacial score (nSPS) is 29.4. The van der Waals surface area contributed by atoms with Gasteiger partial charge in [-0.15, -0.1) is 0 Å². The second kappa shape index (κ2) is 3.79. The van der Waals surface area contributed by atoms with Crippen LogP contribution >= 0.6 is 0 Å². The average Bonchev–Trinajstić information content (AvgIpc) is 2.13. The molecule has 0 spiro atoms. The molecule has 0 unspecified atom stereocenters. The topological polar surface area (TPSA) is 26.3 Å². The second-order valence-corrected chi connectivity index (χ2v) is 3.47. The molecule has 0 amide bonds. The Morgan fingerprint density at radius 3 is 2.36 bits per heavy atom. The summed E-state index contributed by atoms with van der Waals surface area (Å²) in [7, 11) is 0. The Morgan fingerprint density at radius 1 is 1.36 bits per heavy atom. The van der Waals surface area contributed by atoms with Crippen LogP contribution in [0.25, 0.3) is 0 Å². The van der Waals surface area contributed by atoms with Gasteiger partial charge >= 0.3 is 5.97 Å². The first-order valence-electron chi connectivity index (χ1n) is 4.64. The molecular formula is C9H13F3O2. The molecule has 0 N–H and O–H groups in total. The van der Waals surface area contributed by atoms with Gasteiger partial charge in [-0.2, -0.15) is 0 Å². The van der Waals surface area contributed by atoms with Crippen molar-refractivity contribution in [2.45, 2.75) is 44.2 Å². The molecular weight excluding hydrogens is 197 g/mol. The van der Waals surface area contributed by atoms with E-state index < -0.39 is 30.4 Å². The van der Waals surface area contributed by atoms with Crippen molar-refractivity contribution in [1.29, 1.82) is 0 Å². The van der Waals surface area contributed by atoms with Crippen molar-refractivity contribution in [3.63, 3.8) is 0 Å². The molecule has 1 saturated carbocycles. The van der Waals surface area contributed by atoms with Gasteiger partial charge in [-0.25, -0.2) is 13.2 Å². The highest BCUT2D eigenvalue weighted by Crippen LogP contribution is 2.52. The Hall–Kier alpha value is -0.740. The summed E-state index contributed by atoms with van der Waals surface area (Å²) < 4.78 is 43.2. The zero-order chi connectivity index (χ0) is 10.8. The van der Waals surface area contributed by atoms with E-state index in [-0.39, 0.29) is 19.4 Å². The summed E-state index contributed by atoms with van der Waals surface area (Å²) >= 11 is 0. The van der Waals surface area contributed by atoms with Crippen molar-refractivity contribution in [3.05, 3.63) is 0 Å². The van der Waals surface area contributed by atoms with E-state index in [4.69, 9.17) is 0 Å². The van der Waals surface area contributed by atoms with Gasteiger partial charge in [0.2, 0.25) is 0 Å². The number of halogens is 3. The van der Waals surface area contributed by atoms with E-state index in [2.05, 4.69) is 4.74 Å². The molecule has 5 heteroatoms. The summed E-state index contributed by atoms with van der Waals surface area (Å²) in [5.74, 6) is -3.88. The molecule has 82 valence electrons. The minimum atomic E-state index is -3.26. The summed E-state index contributed by atoms with van der Waals surface area (Å²) in [6, 6.07) is 0. The zero-order valence-electron chi connectivity index (χ0n) is 7.99. The van der Waals surface area contributed by atoms with Crippen molar-refractivity contribution in [3.8, 4) is 0 Å². The highest BCUT2D eigenvalue weighted by Gasteiger charge is 2.62. The van der Waals surface area contributed by atoms with Crippen LogP contribution in [0.3, 0.4) is 0 Å². The molecule has 0 aromatic rings. The smallest absolute Gasteiger partial charge is 0.305 e. The Morgan fingerprint density at radius 2 is 2.00 bits per heavy atom. The first-order chi connectivity index (χ1) is 6.41. The SMILES string of the molecule is CCOC(=O)CC[C@@]1(F)CCC1(F)F. The Labute approximate surface area is 80.4 Å². The van der Waals surface area contributed by atoms with Crippen molar-refractivity contribution in [2.24, 2.45) is 0 Å². The lowest BCUT2D eigenvalue weighted by atomic mass is 9.74. The predicted octanol–water partition coefficient (Wildman–Crippen LogP) is 2.47. The Bertz CT molecular complexity index is 230. The van der Waals surface area contributed by atoms with Gasteiger partial charge in [0.1, 0.15) is 0 Å². The summed E-state index contributed by atoms with van der Waals surface area (Å²) in [5, 5.41) is 0. The van der Waals surface area contributed by atoms with Gasteiger partial charge in [0.25, 0.3) is 5.92 Å². The number of esters is 1. The van der Waals surface area contributed by atoms with Crippen molar-refractivity contribution >= 4 is 5.97 Å². The van der Waals surface area contributed by atoms with Crippen LogP contribution in [-0.4, -0.2) is 24.2 Å². The summed E-state index contributed by atoms with van der Waals surface area (Å²) in [4.78, 5) is 10.8. The van der Waals surface area contributed by atoms with E-state index in [1.807, 2.05) is 0 Å². The predicted molar refractivity (Wildman–Crippen MR) is 43.9 cm³/mol. The molecule has 1 atom stereocenters. The molecule has 1 aliphatic carbocycles. The lowest BCUT2D eigenvalue weighted by Gasteiger charge is -2.42. The fraction of sp³-hybridized carbons (Fsp3) is 0.889. The van der Waals surface area contributed by atoms with Crippen LogP contribution < -0.4 is 0 Å². The minimum Gasteiger partial charge on any atom is -0.466 e. The first-order valence-corrected chi connectivity index (χ1v) is 4.64. The lowest BCUT2D eigenvalue weighted by Crippen LogP contribution is -2.54. The van der Waals surface area contributed by atoms with Gasteiger partial charge in [-0.3, -0.25) is 4.79 Å². The first kappa shape index (κ1) is 11.3. The largest absolute Gasteiger partial charge is 0.466 e. The summed E-state index contributed by atoms with van der Waals surface area (Å²) in [5.41, 5.74) is -2.49. The maximum Gasteiger partial charge on any atom is 0.305 e. The van der Waals surface area contributed by atoms with Crippen LogP contribution in [0.1, 0.15) is 32.6 Å². The van der Waals surface area contributed by atoms with Crippen LogP contribution in [0.15, 0.2) is 0 Å². The highest BCUT2D eigenvalue weighted by atomic mass is 19.3. The van der Waals surface area contributed by atoms with Gasteiger partial charge in [-0.1, -0.05) is 0 Å². The van der Waals surface area contributed by atoms with Crippen LogP contribution in [0, 0.1) is 0 Å². The molecule has 0 heterocycles. The zero-order valence-corrected chi connectivity index (χ0v) is 7.99. The third kappa shape index (κ3) is 2.01. The van der Waals surface area contributed by atoms with Gasteiger partial charge in [0, 0.05) is 12.8 Å². The molecule has 0 radical (unpaired) electrons. The van der Waals surface area contributed by atoms with E-state index in [0.29, 0.717) is 0 Å². The summed E-state index contributed by atoms with van der Waals surface area (Å²) in [6.07, 6.45) is -1.31. The van der Waals surface area contributed by atoms with Crippen molar-refractivity contribution in [2.75, 3.05) is 6.61 Å². The van der Waals surface area contributed by atoms with Crippen LogP contribution in [-0.2, 0) is 9.53 Å². The van der Waals surface area contributed by atoms with Gasteiger partial charge in [-0.05, 0) is 19.8 Å². The molecule has 2 nitrogen and oxygen atoms in total. The number of hydrogen-bond acceptors (Lipinski definition) is 2. The minimum absolute atomic E-state index is 0.167. The van der Waals surface area contributed by atoms with E-state index in [9.17, 15) is 18.0 Å². The number of carbonyl (C=O) groups excluding carboxylic acids is 1. The van der Waals surface area contributed by atoms with Crippen LogP contribution in [0.4, 0.5) is 13.2 Å². The Kier molecular flexibility index (Phi) is 3.07. The fourth-order valence-corrected chi connectivity index (χ4v) is 1.43. The number of ether oxygens (including phenoxy) is 1. The number of rotatable bonds is 4. The number of carbonyl (C=O) groups is 1. The van der Waals surface area contributed by atoms with E-state index in [1.165, 1.54) is 0 Å². The fourth-order valence-electron chi connectivity index (χ4n) is 1.43. The molecule has 1 fully saturated rings. The second-order valence-electron chi connectivity index (χ2n) is 3.47. The quantitative estimate of drug-likeness (QED) is 0.666. The standard InChI is InChI=1S/C9H13F3O2/c1-2-14-7(13)3-4-8(10)5-6-9(8,11)12/h2-6H2,1H3/t8-/m1/s1. The molecule has 0 saturated heterocycles. The van der Waals surface area contributed by atoms with Gasteiger partial charge in [0.15, 0.2) is 5.67 Å².